The van der Waals surface area contributed by atoms with Gasteiger partial charge in [-0.25, -0.2) is 0 Å². The van der Waals surface area contributed by atoms with Gasteiger partial charge < -0.3 is 4.90 Å². The molecule has 0 spiro atoms. The molecule has 2 heterocycles. The number of aromatic nitrogens is 1. The van der Waals surface area contributed by atoms with Crippen LogP contribution in [0.5, 0.6) is 0 Å². The number of amides is 1. The largest absolute Gasteiger partial charge is 0.326 e. The highest BCUT2D eigenvalue weighted by atomic mass is 16.2. The summed E-state index contributed by atoms with van der Waals surface area (Å²) < 4.78 is 0. The zero-order valence-corrected chi connectivity index (χ0v) is 9.43. The maximum absolute atomic E-state index is 12.2. The number of rotatable bonds is 1. The molecule has 1 aromatic heterocycles. The molecule has 0 N–H and O–H groups in total. The molecule has 1 saturated heterocycles. The molecule has 0 bridgehead atoms. The smallest absolute Gasteiger partial charge is 0.254 e. The van der Waals surface area contributed by atoms with Crippen LogP contribution in [-0.2, 0) is 4.79 Å². The third-order valence-electron chi connectivity index (χ3n) is 3.09. The minimum absolute atomic E-state index is 0.0988. The summed E-state index contributed by atoms with van der Waals surface area (Å²) in [7, 11) is 0. The van der Waals surface area contributed by atoms with Crippen molar-refractivity contribution in [1.82, 2.24) is 9.88 Å². The molecule has 0 saturated carbocycles. The van der Waals surface area contributed by atoms with Gasteiger partial charge in [-0.05, 0) is 26.0 Å². The van der Waals surface area contributed by atoms with Crippen molar-refractivity contribution in [3.63, 3.8) is 0 Å². The predicted molar refractivity (Wildman–Crippen MR) is 59.0 cm³/mol. The van der Waals surface area contributed by atoms with Crippen LogP contribution in [0.1, 0.15) is 30.6 Å². The Morgan fingerprint density at radius 1 is 1.38 bits per heavy atom. The molecule has 16 heavy (non-hydrogen) atoms. The van der Waals surface area contributed by atoms with Gasteiger partial charge in [0.2, 0.25) is 0 Å². The first kappa shape index (κ1) is 10.8. The third-order valence-corrected chi connectivity index (χ3v) is 3.09. The summed E-state index contributed by atoms with van der Waals surface area (Å²) in [6.45, 7) is 4.09. The number of pyridine rings is 1. The van der Waals surface area contributed by atoms with Crippen LogP contribution in [0.2, 0.25) is 0 Å². The van der Waals surface area contributed by atoms with Crippen molar-refractivity contribution in [2.45, 2.75) is 25.8 Å². The predicted octanol–water partition coefficient (Wildman–Crippen LogP) is 1.28. The molecule has 1 fully saturated rings. The number of Topliss-reactive ketones (excluding diaryl/α,β-unsaturated/α-hetero) is 1. The molecule has 0 radical (unpaired) electrons. The van der Waals surface area contributed by atoms with Crippen molar-refractivity contribution in [3.8, 4) is 0 Å². The Bertz CT molecular complexity index is 426. The summed E-state index contributed by atoms with van der Waals surface area (Å²) in [6.07, 6.45) is 3.61. The second-order valence-corrected chi connectivity index (χ2v) is 4.42. The normalized spacial score (nSPS) is 18.9. The number of likely N-dealkylation sites (tertiary alicyclic amines) is 1. The molecule has 4 nitrogen and oxygen atoms in total. The third kappa shape index (κ3) is 1.60. The molecule has 1 aromatic rings. The lowest BCUT2D eigenvalue weighted by Gasteiger charge is -2.30. The van der Waals surface area contributed by atoms with Crippen molar-refractivity contribution >= 4 is 11.7 Å². The van der Waals surface area contributed by atoms with Crippen molar-refractivity contribution < 1.29 is 9.59 Å². The molecule has 1 aliphatic heterocycles. The first-order chi connectivity index (χ1) is 7.53. The molecule has 1 amide bonds. The van der Waals surface area contributed by atoms with Crippen molar-refractivity contribution in [3.05, 3.63) is 30.1 Å². The van der Waals surface area contributed by atoms with Gasteiger partial charge in [0.05, 0.1) is 5.54 Å². The van der Waals surface area contributed by atoms with Crippen LogP contribution >= 0.6 is 0 Å². The van der Waals surface area contributed by atoms with Crippen LogP contribution < -0.4 is 0 Å². The summed E-state index contributed by atoms with van der Waals surface area (Å²) in [5, 5.41) is 0. The van der Waals surface area contributed by atoms with Gasteiger partial charge in [-0.2, -0.15) is 0 Å². The van der Waals surface area contributed by atoms with Crippen molar-refractivity contribution in [2.24, 2.45) is 0 Å². The minimum Gasteiger partial charge on any atom is -0.326 e. The van der Waals surface area contributed by atoms with Gasteiger partial charge in [-0.3, -0.25) is 14.6 Å². The number of nitrogens with zero attached hydrogens (tertiary/aromatic N) is 2. The van der Waals surface area contributed by atoms with Crippen molar-refractivity contribution in [2.75, 3.05) is 6.54 Å². The molecular weight excluding hydrogens is 204 g/mol. The van der Waals surface area contributed by atoms with E-state index in [9.17, 15) is 9.59 Å². The fourth-order valence-corrected chi connectivity index (χ4v) is 1.96. The first-order valence-corrected chi connectivity index (χ1v) is 5.29. The Morgan fingerprint density at radius 2 is 2.00 bits per heavy atom. The lowest BCUT2D eigenvalue weighted by atomic mass is 10.00. The fraction of sp³-hybridized carbons (Fsp3) is 0.417. The second kappa shape index (κ2) is 3.70. The molecule has 4 heteroatoms. The lowest BCUT2D eigenvalue weighted by Crippen LogP contribution is -2.46. The van der Waals surface area contributed by atoms with Gasteiger partial charge in [0.1, 0.15) is 0 Å². The Labute approximate surface area is 94.3 Å². The van der Waals surface area contributed by atoms with E-state index >= 15 is 0 Å². The molecule has 0 unspecified atom stereocenters. The van der Waals surface area contributed by atoms with Gasteiger partial charge in [-0.1, -0.05) is 0 Å². The number of hydrogen-bond acceptors (Lipinski definition) is 3. The van der Waals surface area contributed by atoms with E-state index < -0.39 is 5.54 Å². The Kier molecular flexibility index (Phi) is 2.50. The van der Waals surface area contributed by atoms with Crippen molar-refractivity contribution in [1.29, 1.82) is 0 Å². The van der Waals surface area contributed by atoms with Crippen LogP contribution in [0, 0.1) is 0 Å². The summed E-state index contributed by atoms with van der Waals surface area (Å²) in [5.74, 6) is 0.0214. The highest BCUT2D eigenvalue weighted by Gasteiger charge is 2.42. The van der Waals surface area contributed by atoms with Crippen LogP contribution in [0.4, 0.5) is 0 Å². The van der Waals surface area contributed by atoms with E-state index in [-0.39, 0.29) is 11.7 Å². The molecule has 0 aromatic carbocycles. The minimum atomic E-state index is -0.680. The standard InChI is InChI=1S/C12H14N2O2/c1-12(2)10(15)5-8-14(12)11(16)9-3-6-13-7-4-9/h3-4,6-7H,5,8H2,1-2H3. The Morgan fingerprint density at radius 3 is 2.50 bits per heavy atom. The van der Waals surface area contributed by atoms with Crippen LogP contribution in [0.15, 0.2) is 24.5 Å². The van der Waals surface area contributed by atoms with E-state index in [1.165, 1.54) is 0 Å². The average Bonchev–Trinajstić information content (AvgIpc) is 2.54. The van der Waals surface area contributed by atoms with Gasteiger partial charge in [0, 0.05) is 30.9 Å². The monoisotopic (exact) mass is 218 g/mol. The lowest BCUT2D eigenvalue weighted by molar-refractivity contribution is -0.123. The van der Waals surface area contributed by atoms with E-state index in [0.717, 1.165) is 0 Å². The van der Waals surface area contributed by atoms with Crippen LogP contribution in [-0.4, -0.2) is 33.7 Å². The maximum atomic E-state index is 12.2. The topological polar surface area (TPSA) is 50.3 Å². The Hall–Kier alpha value is -1.71. The highest BCUT2D eigenvalue weighted by molar-refractivity contribution is 6.01. The fourth-order valence-electron chi connectivity index (χ4n) is 1.96. The number of hydrogen-bond donors (Lipinski definition) is 0. The quantitative estimate of drug-likeness (QED) is 0.713. The summed E-state index contributed by atoms with van der Waals surface area (Å²) >= 11 is 0. The van der Waals surface area contributed by atoms with E-state index in [1.54, 1.807) is 43.3 Å². The summed E-state index contributed by atoms with van der Waals surface area (Å²) in [4.78, 5) is 29.3. The maximum Gasteiger partial charge on any atom is 0.254 e. The SMILES string of the molecule is CC1(C)C(=O)CCN1C(=O)c1ccncc1. The summed E-state index contributed by atoms with van der Waals surface area (Å²) in [5.41, 5.74) is -0.0989. The van der Waals surface area contributed by atoms with Crippen LogP contribution in [0.3, 0.4) is 0 Å². The zero-order valence-electron chi connectivity index (χ0n) is 9.43. The zero-order chi connectivity index (χ0) is 11.8. The van der Waals surface area contributed by atoms with Gasteiger partial charge in [-0.15, -0.1) is 0 Å². The molecule has 1 aliphatic rings. The van der Waals surface area contributed by atoms with Gasteiger partial charge in [0.15, 0.2) is 5.78 Å². The van der Waals surface area contributed by atoms with Gasteiger partial charge >= 0.3 is 0 Å². The second-order valence-electron chi connectivity index (χ2n) is 4.42. The molecule has 0 aliphatic carbocycles. The first-order valence-electron chi connectivity index (χ1n) is 5.29. The number of carbonyl (C=O) groups is 2. The highest BCUT2D eigenvalue weighted by Crippen LogP contribution is 2.26. The van der Waals surface area contributed by atoms with Gasteiger partial charge in [0.25, 0.3) is 5.91 Å². The van der Waals surface area contributed by atoms with Crippen LogP contribution in [0.25, 0.3) is 0 Å². The molecule has 0 atom stereocenters. The average molecular weight is 218 g/mol. The van der Waals surface area contributed by atoms with E-state index in [0.29, 0.717) is 18.5 Å². The molecule has 84 valence electrons. The van der Waals surface area contributed by atoms with E-state index in [4.69, 9.17) is 0 Å². The number of ketones is 1. The molecule has 2 rings (SSSR count). The summed E-state index contributed by atoms with van der Waals surface area (Å²) in [6, 6.07) is 3.34. The Balaban J connectivity index is 2.28. The van der Waals surface area contributed by atoms with E-state index in [2.05, 4.69) is 4.98 Å². The molecular formula is C12H14N2O2. The van der Waals surface area contributed by atoms with E-state index in [1.807, 2.05) is 0 Å². The number of carbonyl (C=O) groups excluding carboxylic acids is 2.